The van der Waals surface area contributed by atoms with Crippen LogP contribution in [-0.4, -0.2) is 5.11 Å². The summed E-state index contributed by atoms with van der Waals surface area (Å²) in [4.78, 5) is 0. The average molecular weight is 261 g/mol. The van der Waals surface area contributed by atoms with Gasteiger partial charge in [0, 0.05) is 23.2 Å². The molecule has 2 aromatic rings. The Labute approximate surface area is 111 Å². The number of hydrogen-bond donors (Lipinski definition) is 2. The second-order valence-corrected chi connectivity index (χ2v) is 4.15. The van der Waals surface area contributed by atoms with E-state index >= 15 is 0 Å². The molecular weight excluding hydrogens is 245 g/mol. The molecule has 2 aromatic carbocycles. The van der Waals surface area contributed by atoms with Crippen molar-refractivity contribution in [2.24, 2.45) is 5.73 Å². The van der Waals surface area contributed by atoms with Crippen molar-refractivity contribution in [3.63, 3.8) is 0 Å². The van der Waals surface area contributed by atoms with Gasteiger partial charge in [-0.25, -0.2) is 4.39 Å². The van der Waals surface area contributed by atoms with Crippen LogP contribution < -0.4 is 10.5 Å². The fourth-order valence-corrected chi connectivity index (χ4v) is 1.83. The minimum Gasteiger partial charge on any atom is -0.488 e. The fraction of sp³-hybridized carbons (Fsp3) is 0.200. The van der Waals surface area contributed by atoms with Crippen molar-refractivity contribution in [2.75, 3.05) is 0 Å². The van der Waals surface area contributed by atoms with Gasteiger partial charge >= 0.3 is 0 Å². The Morgan fingerprint density at radius 1 is 1.00 bits per heavy atom. The van der Waals surface area contributed by atoms with E-state index in [0.717, 1.165) is 0 Å². The summed E-state index contributed by atoms with van der Waals surface area (Å²) in [6.07, 6.45) is 0. The van der Waals surface area contributed by atoms with Gasteiger partial charge in [0.25, 0.3) is 0 Å². The van der Waals surface area contributed by atoms with Crippen LogP contribution in [0.5, 0.6) is 5.75 Å². The van der Waals surface area contributed by atoms with Crippen LogP contribution in [0, 0.1) is 5.82 Å². The highest BCUT2D eigenvalue weighted by atomic mass is 19.1. The summed E-state index contributed by atoms with van der Waals surface area (Å²) >= 11 is 0. The summed E-state index contributed by atoms with van der Waals surface area (Å²) in [5.74, 6) is 0.231. The predicted molar refractivity (Wildman–Crippen MR) is 71.0 cm³/mol. The summed E-state index contributed by atoms with van der Waals surface area (Å²) < 4.78 is 19.5. The maximum absolute atomic E-state index is 13.9. The molecule has 0 amide bonds. The quantitative estimate of drug-likeness (QED) is 0.868. The first-order valence-electron chi connectivity index (χ1n) is 6.04. The van der Waals surface area contributed by atoms with Crippen molar-refractivity contribution in [3.05, 3.63) is 65.0 Å². The lowest BCUT2D eigenvalue weighted by Crippen LogP contribution is -2.05. The van der Waals surface area contributed by atoms with Gasteiger partial charge in [-0.3, -0.25) is 0 Å². The first-order valence-corrected chi connectivity index (χ1v) is 6.04. The molecule has 0 heterocycles. The van der Waals surface area contributed by atoms with Gasteiger partial charge in [-0.1, -0.05) is 36.4 Å². The summed E-state index contributed by atoms with van der Waals surface area (Å²) in [5, 5.41) is 9.18. The Kier molecular flexibility index (Phi) is 4.49. The zero-order valence-electron chi connectivity index (χ0n) is 10.5. The number of aliphatic hydroxyl groups is 1. The SMILES string of the molecule is NCc1cccc(COc2ccccc2CO)c1F. The maximum atomic E-state index is 13.9. The molecule has 19 heavy (non-hydrogen) atoms. The molecule has 0 saturated heterocycles. The van der Waals surface area contributed by atoms with Crippen LogP contribution in [-0.2, 0) is 19.8 Å². The van der Waals surface area contributed by atoms with Crippen molar-refractivity contribution in [1.82, 2.24) is 0 Å². The second-order valence-electron chi connectivity index (χ2n) is 4.15. The number of ether oxygens (including phenoxy) is 1. The van der Waals surface area contributed by atoms with Crippen molar-refractivity contribution in [1.29, 1.82) is 0 Å². The Hall–Kier alpha value is -1.91. The first-order chi connectivity index (χ1) is 9.26. The molecule has 0 unspecified atom stereocenters. The Morgan fingerprint density at radius 2 is 1.68 bits per heavy atom. The van der Waals surface area contributed by atoms with Crippen molar-refractivity contribution in [3.8, 4) is 5.75 Å². The van der Waals surface area contributed by atoms with Crippen LogP contribution in [0.15, 0.2) is 42.5 Å². The molecule has 3 nitrogen and oxygen atoms in total. The van der Waals surface area contributed by atoms with Gasteiger partial charge in [0.2, 0.25) is 0 Å². The topological polar surface area (TPSA) is 55.5 Å². The summed E-state index contributed by atoms with van der Waals surface area (Å²) in [6.45, 7) is 0.158. The minimum atomic E-state index is -0.327. The molecule has 2 rings (SSSR count). The lowest BCUT2D eigenvalue weighted by molar-refractivity contribution is 0.257. The summed E-state index contributed by atoms with van der Waals surface area (Å²) in [7, 11) is 0. The zero-order chi connectivity index (χ0) is 13.7. The van der Waals surface area contributed by atoms with Gasteiger partial charge in [-0.15, -0.1) is 0 Å². The number of hydrogen-bond acceptors (Lipinski definition) is 3. The Bertz CT molecular complexity index is 558. The zero-order valence-corrected chi connectivity index (χ0v) is 10.5. The van der Waals surface area contributed by atoms with E-state index in [0.29, 0.717) is 22.4 Å². The van der Waals surface area contributed by atoms with Gasteiger partial charge in [0.05, 0.1) is 6.61 Å². The molecule has 0 aliphatic rings. The molecule has 0 spiro atoms. The molecular formula is C15H16FNO2. The molecule has 0 aliphatic carbocycles. The smallest absolute Gasteiger partial charge is 0.134 e. The Balaban J connectivity index is 2.15. The predicted octanol–water partition coefficient (Wildman–Crippen LogP) is 2.36. The van der Waals surface area contributed by atoms with E-state index in [4.69, 9.17) is 10.5 Å². The number of halogens is 1. The lowest BCUT2D eigenvalue weighted by atomic mass is 10.1. The van der Waals surface area contributed by atoms with Crippen LogP contribution in [0.2, 0.25) is 0 Å². The summed E-state index contributed by atoms with van der Waals surface area (Å²) in [5.41, 5.74) is 7.06. The van der Waals surface area contributed by atoms with Crippen molar-refractivity contribution >= 4 is 0 Å². The largest absolute Gasteiger partial charge is 0.488 e. The molecule has 0 bridgehead atoms. The van der Waals surface area contributed by atoms with E-state index < -0.39 is 0 Å². The third kappa shape index (κ3) is 3.10. The van der Waals surface area contributed by atoms with E-state index in [-0.39, 0.29) is 25.6 Å². The molecule has 0 radical (unpaired) electrons. The van der Waals surface area contributed by atoms with Gasteiger partial charge in [0.1, 0.15) is 18.2 Å². The highest BCUT2D eigenvalue weighted by molar-refractivity contribution is 5.33. The van der Waals surface area contributed by atoms with Crippen LogP contribution in [0.3, 0.4) is 0 Å². The van der Waals surface area contributed by atoms with Crippen LogP contribution in [0.4, 0.5) is 4.39 Å². The number of rotatable bonds is 5. The van der Waals surface area contributed by atoms with Crippen LogP contribution in [0.1, 0.15) is 16.7 Å². The third-order valence-corrected chi connectivity index (χ3v) is 2.90. The molecule has 0 aromatic heterocycles. The maximum Gasteiger partial charge on any atom is 0.134 e. The normalized spacial score (nSPS) is 10.5. The highest BCUT2D eigenvalue weighted by Crippen LogP contribution is 2.20. The third-order valence-electron chi connectivity index (χ3n) is 2.90. The van der Waals surface area contributed by atoms with Crippen LogP contribution >= 0.6 is 0 Å². The average Bonchev–Trinajstić information content (AvgIpc) is 2.46. The van der Waals surface area contributed by atoms with E-state index in [1.54, 1.807) is 36.4 Å². The fourth-order valence-electron chi connectivity index (χ4n) is 1.83. The van der Waals surface area contributed by atoms with Gasteiger partial charge in [-0.05, 0) is 6.07 Å². The molecule has 0 atom stereocenters. The standard InChI is InChI=1S/C15H16FNO2/c16-15-11(8-17)5-3-6-13(15)10-19-14-7-2-1-4-12(14)9-18/h1-7,18H,8-10,17H2. The molecule has 0 fully saturated rings. The molecule has 0 saturated carbocycles. The number of nitrogens with two attached hydrogens (primary N) is 1. The van der Waals surface area contributed by atoms with E-state index in [2.05, 4.69) is 0 Å². The molecule has 100 valence electrons. The van der Waals surface area contributed by atoms with Crippen molar-refractivity contribution in [2.45, 2.75) is 19.8 Å². The van der Waals surface area contributed by atoms with Gasteiger partial charge < -0.3 is 15.6 Å². The number of para-hydroxylation sites is 1. The molecule has 3 N–H and O–H groups in total. The molecule has 0 aliphatic heterocycles. The number of aliphatic hydroxyl groups excluding tert-OH is 1. The second kappa shape index (κ2) is 6.31. The van der Waals surface area contributed by atoms with E-state index in [9.17, 15) is 9.50 Å². The van der Waals surface area contributed by atoms with E-state index in [1.165, 1.54) is 0 Å². The lowest BCUT2D eigenvalue weighted by Gasteiger charge is -2.11. The van der Waals surface area contributed by atoms with E-state index in [1.807, 2.05) is 6.07 Å². The molecule has 4 heteroatoms. The van der Waals surface area contributed by atoms with Crippen molar-refractivity contribution < 1.29 is 14.2 Å². The minimum absolute atomic E-state index is 0.108. The van der Waals surface area contributed by atoms with Gasteiger partial charge in [0.15, 0.2) is 0 Å². The Morgan fingerprint density at radius 3 is 2.42 bits per heavy atom. The highest BCUT2D eigenvalue weighted by Gasteiger charge is 2.08. The summed E-state index contributed by atoms with van der Waals surface area (Å²) in [6, 6.07) is 12.2. The first kappa shape index (κ1) is 13.5. The van der Waals surface area contributed by atoms with Gasteiger partial charge in [-0.2, -0.15) is 0 Å². The number of benzene rings is 2. The van der Waals surface area contributed by atoms with Crippen LogP contribution in [0.25, 0.3) is 0 Å². The monoisotopic (exact) mass is 261 g/mol.